The fourth-order valence-corrected chi connectivity index (χ4v) is 7.40. The molecule has 1 amide bonds. The summed E-state index contributed by atoms with van der Waals surface area (Å²) in [5.41, 5.74) is 3.00. The first-order chi connectivity index (χ1) is 17.8. The lowest BCUT2D eigenvalue weighted by atomic mass is 9.49. The van der Waals surface area contributed by atoms with Gasteiger partial charge in [0.1, 0.15) is 5.75 Å². The van der Waals surface area contributed by atoms with Crippen molar-refractivity contribution in [3.63, 3.8) is 0 Å². The summed E-state index contributed by atoms with van der Waals surface area (Å²) in [7, 11) is 2.92. The van der Waals surface area contributed by atoms with Crippen LogP contribution >= 0.6 is 0 Å². The number of aliphatic hydroxyl groups is 2. The van der Waals surface area contributed by atoms with Crippen LogP contribution < -0.4 is 11.1 Å². The van der Waals surface area contributed by atoms with Gasteiger partial charge in [0.2, 0.25) is 5.91 Å². The Labute approximate surface area is 219 Å². The second-order valence-electron chi connectivity index (χ2n) is 11.4. The monoisotopic (exact) mass is 527 g/mol. The maximum atomic E-state index is 14.0. The molecule has 5 rings (SSSR count). The average Bonchev–Trinajstić information content (AvgIpc) is 3.35. The zero-order valence-corrected chi connectivity index (χ0v) is 21.5. The van der Waals surface area contributed by atoms with Crippen LogP contribution in [0.2, 0.25) is 0 Å². The molecule has 8 unspecified atom stereocenters. The van der Waals surface area contributed by atoms with Crippen LogP contribution in [0.1, 0.15) is 54.4 Å². The van der Waals surface area contributed by atoms with Crippen LogP contribution in [-0.2, 0) is 19.2 Å². The molecule has 6 N–H and O–H groups in total. The molecule has 0 bridgehead atoms. The summed E-state index contributed by atoms with van der Waals surface area (Å²) in [5, 5.41) is 37.7. The average molecular weight is 528 g/mol. The van der Waals surface area contributed by atoms with Gasteiger partial charge in [0.15, 0.2) is 34.7 Å². The zero-order chi connectivity index (χ0) is 27.8. The standard InChI is InChI=1S/C27H33N3O8/c1-10-12-8-9-13(29-11-6-4-5-7-11)20(31)15(12)21(32)16-14(10)22(33)18-19(30(2)3)23(34)17(26(28)37)25(36)27(18,38)24(16)35/h8-11,14,16-19,22,29,31,33,38H,4-7H2,1-3H3,(H2,28,37). The van der Waals surface area contributed by atoms with Gasteiger partial charge in [0.05, 0.1) is 35.2 Å². The number of nitrogens with two attached hydrogens (primary N) is 1. The van der Waals surface area contributed by atoms with Gasteiger partial charge in [-0.1, -0.05) is 25.8 Å². The van der Waals surface area contributed by atoms with Crippen LogP contribution in [0.15, 0.2) is 12.1 Å². The second kappa shape index (κ2) is 8.96. The number of phenols is 1. The normalized spacial score (nSPS) is 37.2. The predicted molar refractivity (Wildman–Crippen MR) is 133 cm³/mol. The van der Waals surface area contributed by atoms with Crippen LogP contribution in [0, 0.1) is 23.7 Å². The number of aliphatic hydroxyl groups excluding tert-OH is 1. The number of nitrogens with one attached hydrogen (secondary N) is 1. The molecule has 0 aliphatic heterocycles. The molecule has 38 heavy (non-hydrogen) atoms. The van der Waals surface area contributed by atoms with E-state index in [0.29, 0.717) is 11.3 Å². The van der Waals surface area contributed by atoms with E-state index in [0.717, 1.165) is 25.7 Å². The number of primary amides is 1. The summed E-state index contributed by atoms with van der Waals surface area (Å²) in [5.74, 6) is -13.1. The van der Waals surface area contributed by atoms with Gasteiger partial charge >= 0.3 is 0 Å². The number of hydrogen-bond donors (Lipinski definition) is 5. The minimum absolute atomic E-state index is 0.0979. The highest BCUT2D eigenvalue weighted by molar-refractivity contribution is 6.32. The van der Waals surface area contributed by atoms with Crippen molar-refractivity contribution in [1.29, 1.82) is 0 Å². The van der Waals surface area contributed by atoms with Crippen molar-refractivity contribution in [2.24, 2.45) is 29.4 Å². The summed E-state index contributed by atoms with van der Waals surface area (Å²) in [6, 6.07) is 2.09. The number of likely N-dealkylation sites (N-methyl/N-ethyl adjacent to an activating group) is 1. The fraction of sp³-hybridized carbons (Fsp3) is 0.593. The molecular weight excluding hydrogens is 494 g/mol. The minimum Gasteiger partial charge on any atom is -0.505 e. The minimum atomic E-state index is -2.99. The number of hydrogen-bond acceptors (Lipinski definition) is 10. The van der Waals surface area contributed by atoms with Gasteiger partial charge in [-0.3, -0.25) is 28.9 Å². The van der Waals surface area contributed by atoms with Crippen molar-refractivity contribution >= 4 is 34.7 Å². The number of ketones is 4. The smallest absolute Gasteiger partial charge is 0.235 e. The van der Waals surface area contributed by atoms with Crippen molar-refractivity contribution in [2.45, 2.75) is 62.3 Å². The summed E-state index contributed by atoms with van der Waals surface area (Å²) in [6.07, 6.45) is 2.29. The van der Waals surface area contributed by atoms with Crippen LogP contribution in [0.4, 0.5) is 5.69 Å². The quantitative estimate of drug-likeness (QED) is 0.258. The van der Waals surface area contributed by atoms with Crippen LogP contribution in [-0.4, -0.2) is 87.1 Å². The first kappa shape index (κ1) is 26.5. The second-order valence-corrected chi connectivity index (χ2v) is 11.4. The Hall–Kier alpha value is -3.15. The van der Waals surface area contributed by atoms with Gasteiger partial charge in [-0.05, 0) is 44.5 Å². The number of carbonyl (C=O) groups excluding carboxylic acids is 5. The van der Waals surface area contributed by atoms with Crippen molar-refractivity contribution in [2.75, 3.05) is 19.4 Å². The molecule has 3 fully saturated rings. The third-order valence-corrected chi connectivity index (χ3v) is 9.20. The number of rotatable bonds is 4. The Morgan fingerprint density at radius 2 is 1.74 bits per heavy atom. The van der Waals surface area contributed by atoms with Gasteiger partial charge in [-0.25, -0.2) is 0 Å². The molecule has 8 atom stereocenters. The van der Waals surface area contributed by atoms with Crippen molar-refractivity contribution in [1.82, 2.24) is 4.90 Å². The third-order valence-electron chi connectivity index (χ3n) is 9.20. The largest absolute Gasteiger partial charge is 0.505 e. The summed E-state index contributed by atoms with van der Waals surface area (Å²) in [4.78, 5) is 67.9. The molecule has 4 aliphatic rings. The number of phenolic OH excluding ortho intramolecular Hbond substituents is 1. The molecule has 0 aromatic heterocycles. The van der Waals surface area contributed by atoms with Gasteiger partial charge in [-0.2, -0.15) is 0 Å². The SMILES string of the molecule is CC1c2ccc(NC3CCCC3)c(O)c2C(=O)C2C(=O)C3(O)C(=O)C(C(N)=O)C(=O)C(N(C)C)C3C(O)C21. The zero-order valence-electron chi connectivity index (χ0n) is 21.5. The highest BCUT2D eigenvalue weighted by atomic mass is 16.3. The summed E-state index contributed by atoms with van der Waals surface area (Å²) < 4.78 is 0. The molecule has 3 saturated carbocycles. The van der Waals surface area contributed by atoms with E-state index in [1.807, 2.05) is 0 Å². The maximum absolute atomic E-state index is 14.0. The Kier molecular flexibility index (Phi) is 6.24. The maximum Gasteiger partial charge on any atom is 0.235 e. The number of Topliss-reactive ketones (excluding diaryl/α,β-unsaturated/α-hetero) is 4. The van der Waals surface area contributed by atoms with Gasteiger partial charge in [0, 0.05) is 12.0 Å². The van der Waals surface area contributed by atoms with E-state index in [9.17, 15) is 39.3 Å². The number of carbonyl (C=O) groups is 5. The molecule has 1 aromatic carbocycles. The Morgan fingerprint density at radius 1 is 1.11 bits per heavy atom. The topological polar surface area (TPSA) is 187 Å². The van der Waals surface area contributed by atoms with Gasteiger partial charge < -0.3 is 26.4 Å². The molecule has 1 aromatic rings. The number of nitrogens with zero attached hydrogens (tertiary/aromatic N) is 1. The van der Waals surface area contributed by atoms with Gasteiger partial charge in [-0.15, -0.1) is 0 Å². The van der Waals surface area contributed by atoms with Crippen LogP contribution in [0.25, 0.3) is 0 Å². The van der Waals surface area contributed by atoms with Gasteiger partial charge in [0.25, 0.3) is 0 Å². The fourth-order valence-electron chi connectivity index (χ4n) is 7.40. The van der Waals surface area contributed by atoms with Crippen molar-refractivity contribution < 1.29 is 39.3 Å². The number of fused-ring (bicyclic) bond motifs is 3. The number of aromatic hydroxyl groups is 1. The Balaban J connectivity index is 1.64. The first-order valence-electron chi connectivity index (χ1n) is 13.0. The first-order valence-corrected chi connectivity index (χ1v) is 13.0. The van der Waals surface area contributed by atoms with E-state index in [-0.39, 0.29) is 17.4 Å². The molecule has 11 nitrogen and oxygen atoms in total. The predicted octanol–water partition coefficient (Wildman–Crippen LogP) is -0.247. The van der Waals surface area contributed by atoms with Crippen molar-refractivity contribution in [3.8, 4) is 5.75 Å². The molecule has 0 radical (unpaired) electrons. The number of anilines is 1. The molecule has 204 valence electrons. The Bertz CT molecular complexity index is 1250. The Morgan fingerprint density at radius 3 is 2.32 bits per heavy atom. The van der Waals surface area contributed by atoms with Crippen LogP contribution in [0.5, 0.6) is 5.75 Å². The molecule has 0 saturated heterocycles. The lowest BCUT2D eigenvalue weighted by Gasteiger charge is -2.56. The van der Waals surface area contributed by atoms with E-state index in [2.05, 4.69) is 5.32 Å². The van der Waals surface area contributed by atoms with E-state index >= 15 is 0 Å². The summed E-state index contributed by atoms with van der Waals surface area (Å²) in [6.45, 7) is 1.69. The third kappa shape index (κ3) is 3.41. The summed E-state index contributed by atoms with van der Waals surface area (Å²) >= 11 is 0. The van der Waals surface area contributed by atoms with E-state index in [4.69, 9.17) is 5.73 Å². The van der Waals surface area contributed by atoms with Crippen LogP contribution in [0.3, 0.4) is 0 Å². The van der Waals surface area contributed by atoms with E-state index < -0.39 is 76.4 Å². The van der Waals surface area contributed by atoms with Crippen molar-refractivity contribution in [3.05, 3.63) is 23.3 Å². The highest BCUT2D eigenvalue weighted by Crippen LogP contribution is 2.55. The number of amides is 1. The molecule has 11 heteroatoms. The lowest BCUT2D eigenvalue weighted by Crippen LogP contribution is -2.77. The molecule has 4 aliphatic carbocycles. The van der Waals surface area contributed by atoms with E-state index in [1.54, 1.807) is 19.1 Å². The highest BCUT2D eigenvalue weighted by Gasteiger charge is 2.72. The molecular formula is C27H33N3O8. The molecule has 0 heterocycles. The lowest BCUT2D eigenvalue weighted by molar-refractivity contribution is -0.196. The molecule has 0 spiro atoms. The number of benzene rings is 1. The van der Waals surface area contributed by atoms with E-state index in [1.165, 1.54) is 19.0 Å².